The maximum atomic E-state index is 13.9. The molecule has 0 radical (unpaired) electrons. The highest BCUT2D eigenvalue weighted by molar-refractivity contribution is 6.26. The van der Waals surface area contributed by atoms with Crippen LogP contribution in [-0.2, 0) is 38.2 Å². The Morgan fingerprint density at radius 2 is 1.79 bits per heavy atom. The molecule has 0 aliphatic carbocycles. The number of amides is 2. The minimum absolute atomic E-state index is 0.0264. The van der Waals surface area contributed by atoms with Crippen LogP contribution in [0.1, 0.15) is 68.2 Å². The van der Waals surface area contributed by atoms with E-state index < -0.39 is 88.6 Å². The third-order valence-electron chi connectivity index (χ3n) is 8.71. The third kappa shape index (κ3) is 8.99. The molecule has 0 spiro atoms. The highest BCUT2D eigenvalue weighted by atomic mass is 16.6. The first kappa shape index (κ1) is 39.9. The summed E-state index contributed by atoms with van der Waals surface area (Å²) in [5, 5.41) is 36.9. The van der Waals surface area contributed by atoms with E-state index in [1.54, 1.807) is 20.8 Å². The van der Waals surface area contributed by atoms with Gasteiger partial charge in [0, 0.05) is 20.4 Å². The quantitative estimate of drug-likeness (QED) is 0.0425. The first-order valence-corrected chi connectivity index (χ1v) is 15.8. The number of aliphatic imine (C=N–C) groups is 1. The van der Waals surface area contributed by atoms with Gasteiger partial charge in [0.25, 0.3) is 5.91 Å². The number of carbonyl (C=O) groups is 5. The van der Waals surface area contributed by atoms with Crippen LogP contribution in [0.2, 0.25) is 0 Å². The fraction of sp³-hybridized carbons (Fsp3) is 0.742. The Hall–Kier alpha value is -4.28. The number of likely N-dealkylation sites (tertiary alicyclic amines) is 1. The molecule has 0 bridgehead atoms. The van der Waals surface area contributed by atoms with Gasteiger partial charge in [-0.15, -0.1) is 0 Å². The van der Waals surface area contributed by atoms with Crippen LogP contribution < -0.4 is 5.32 Å². The standard InChI is InChI=1S/C31H50N6O11/c1-15(2)25(24(40)21-23(39)16(3)36(11)29(21)42)48-30(43)31(7,8)26(47-19(6)38)20(13-12-14-37(45)34-44)32-27(41)22-18(5)46-28(33-22)17(4)35(9)10/h15-18,20,22,25-26,40,44H,12-14H2,1-11H3,(H,32,41)/b24-21+,37-34-/t16-,17-,18+,20-,22-,25-,26-/m0/s1. The van der Waals surface area contributed by atoms with Crippen molar-refractivity contribution in [2.45, 2.75) is 111 Å². The van der Waals surface area contributed by atoms with Crippen molar-refractivity contribution in [3.8, 4) is 0 Å². The van der Waals surface area contributed by atoms with E-state index in [-0.39, 0.29) is 30.3 Å². The molecule has 0 aromatic carbocycles. The second-order valence-corrected chi connectivity index (χ2v) is 13.3. The van der Waals surface area contributed by atoms with Gasteiger partial charge in [-0.25, -0.2) is 4.99 Å². The number of ether oxygens (including phenoxy) is 3. The van der Waals surface area contributed by atoms with Crippen LogP contribution in [0.25, 0.3) is 0 Å². The number of ketones is 1. The normalized spacial score (nSPS) is 23.8. The van der Waals surface area contributed by atoms with E-state index in [1.807, 2.05) is 25.9 Å². The monoisotopic (exact) mass is 682 g/mol. The van der Waals surface area contributed by atoms with E-state index in [0.717, 1.165) is 6.92 Å². The molecule has 2 heterocycles. The van der Waals surface area contributed by atoms with Crippen LogP contribution >= 0.6 is 0 Å². The third-order valence-corrected chi connectivity index (χ3v) is 8.71. The molecule has 270 valence electrons. The summed E-state index contributed by atoms with van der Waals surface area (Å²) < 4.78 is 17.2. The summed E-state index contributed by atoms with van der Waals surface area (Å²) in [6.45, 7) is 11.9. The molecule has 7 atom stereocenters. The lowest BCUT2D eigenvalue weighted by molar-refractivity contribution is -0.556. The Kier molecular flexibility index (Phi) is 13.5. The molecule has 17 nitrogen and oxygen atoms in total. The van der Waals surface area contributed by atoms with Gasteiger partial charge in [0.05, 0.1) is 18.1 Å². The van der Waals surface area contributed by atoms with Crippen molar-refractivity contribution < 1.29 is 53.4 Å². The van der Waals surface area contributed by atoms with Crippen LogP contribution in [0.15, 0.2) is 21.6 Å². The smallest absolute Gasteiger partial charge is 0.316 e. The van der Waals surface area contributed by atoms with E-state index in [9.17, 15) is 34.3 Å². The van der Waals surface area contributed by atoms with Crippen molar-refractivity contribution in [1.29, 1.82) is 0 Å². The molecule has 2 aliphatic heterocycles. The Bertz CT molecular complexity index is 1320. The van der Waals surface area contributed by atoms with Crippen LogP contribution in [0, 0.1) is 16.5 Å². The van der Waals surface area contributed by atoms with Crippen molar-refractivity contribution in [1.82, 2.24) is 15.1 Å². The zero-order chi connectivity index (χ0) is 36.8. The number of carbonyl (C=O) groups excluding carboxylic acids is 5. The minimum Gasteiger partial charge on any atom is -0.597 e. The summed E-state index contributed by atoms with van der Waals surface area (Å²) >= 11 is 0. The van der Waals surface area contributed by atoms with Gasteiger partial charge in [0.2, 0.25) is 11.8 Å². The lowest BCUT2D eigenvalue weighted by atomic mass is 9.80. The van der Waals surface area contributed by atoms with E-state index in [0.29, 0.717) is 5.90 Å². The number of likely N-dealkylation sites (N-methyl/N-ethyl adjacent to an activating group) is 2. The molecule has 2 rings (SSSR count). The second-order valence-electron chi connectivity index (χ2n) is 13.3. The van der Waals surface area contributed by atoms with Crippen molar-refractivity contribution in [2.24, 2.45) is 21.6 Å². The van der Waals surface area contributed by atoms with E-state index in [1.165, 1.54) is 32.7 Å². The zero-order valence-corrected chi connectivity index (χ0v) is 29.5. The number of aliphatic hydroxyl groups is 1. The summed E-state index contributed by atoms with van der Waals surface area (Å²) in [6, 6.07) is -3.15. The van der Waals surface area contributed by atoms with E-state index >= 15 is 0 Å². The lowest BCUT2D eigenvalue weighted by Gasteiger charge is -2.38. The number of hydrogen-bond acceptors (Lipinski definition) is 13. The van der Waals surface area contributed by atoms with Crippen LogP contribution in [-0.4, -0.2) is 131 Å². The fourth-order valence-electron chi connectivity index (χ4n) is 5.31. The number of nitrogens with one attached hydrogen (secondary N) is 1. The Labute approximate surface area is 280 Å². The maximum Gasteiger partial charge on any atom is 0.316 e. The van der Waals surface area contributed by atoms with Crippen molar-refractivity contribution in [2.75, 3.05) is 27.7 Å². The Morgan fingerprint density at radius 1 is 1.19 bits per heavy atom. The van der Waals surface area contributed by atoms with Crippen LogP contribution in [0.4, 0.5) is 0 Å². The molecule has 0 aromatic heterocycles. The van der Waals surface area contributed by atoms with Crippen molar-refractivity contribution in [3.63, 3.8) is 0 Å². The molecule has 0 aromatic rings. The highest BCUT2D eigenvalue weighted by Crippen LogP contribution is 2.33. The van der Waals surface area contributed by atoms with Gasteiger partial charge in [0.15, 0.2) is 29.8 Å². The summed E-state index contributed by atoms with van der Waals surface area (Å²) in [5.41, 5.74) is -2.21. The average molecular weight is 683 g/mol. The summed E-state index contributed by atoms with van der Waals surface area (Å²) in [6.07, 6.45) is -3.47. The number of rotatable bonds is 15. The molecule has 0 saturated carbocycles. The molecular formula is C31H50N6O11. The minimum atomic E-state index is -1.72. The predicted molar refractivity (Wildman–Crippen MR) is 170 cm³/mol. The number of Topliss-reactive ketones (excluding diaryl/α,β-unsaturated/α-hetero) is 1. The van der Waals surface area contributed by atoms with Gasteiger partial charge in [-0.3, -0.25) is 28.9 Å². The van der Waals surface area contributed by atoms with Gasteiger partial charge in [-0.1, -0.05) is 18.7 Å². The van der Waals surface area contributed by atoms with Crippen molar-refractivity contribution >= 4 is 35.4 Å². The van der Waals surface area contributed by atoms with Crippen LogP contribution in [0.3, 0.4) is 0 Å². The largest absolute Gasteiger partial charge is 0.597 e. The average Bonchev–Trinajstić information content (AvgIpc) is 3.48. The van der Waals surface area contributed by atoms with Crippen molar-refractivity contribution in [3.05, 3.63) is 16.5 Å². The van der Waals surface area contributed by atoms with E-state index in [4.69, 9.17) is 19.4 Å². The molecule has 1 fully saturated rings. The zero-order valence-electron chi connectivity index (χ0n) is 29.5. The molecule has 2 aliphatic rings. The predicted octanol–water partition coefficient (Wildman–Crippen LogP) is 1.51. The number of aliphatic hydroxyl groups excluding tert-OH is 1. The molecule has 17 heteroatoms. The van der Waals surface area contributed by atoms with Gasteiger partial charge in [0.1, 0.15) is 29.0 Å². The number of hydrogen-bond donors (Lipinski definition) is 3. The number of nitrogens with zero attached hydrogens (tertiary/aromatic N) is 5. The number of hydroxylamine groups is 1. The molecule has 0 unspecified atom stereocenters. The van der Waals surface area contributed by atoms with E-state index in [2.05, 4.69) is 15.6 Å². The first-order chi connectivity index (χ1) is 22.2. The topological polar surface area (TPSA) is 223 Å². The molecule has 2 amide bonds. The van der Waals surface area contributed by atoms with Gasteiger partial charge >= 0.3 is 11.9 Å². The molecule has 1 saturated heterocycles. The second kappa shape index (κ2) is 16.2. The maximum absolute atomic E-state index is 13.9. The highest BCUT2D eigenvalue weighted by Gasteiger charge is 2.49. The van der Waals surface area contributed by atoms with Gasteiger partial charge < -0.3 is 39.9 Å². The fourth-order valence-corrected chi connectivity index (χ4v) is 5.31. The summed E-state index contributed by atoms with van der Waals surface area (Å²) in [7, 11) is 5.07. The first-order valence-electron chi connectivity index (χ1n) is 15.8. The SMILES string of the molecule is CC(=O)O[C@@H]([C@H](CCC/[N+]([O-])=N/O)NC(=O)[C@H]1N=C([C@H](C)N(C)C)O[C@@H]1C)C(C)(C)C(=O)O[C@H](/C(O)=C1/C(=O)[C@H](C)N(C)C1=O)C(C)C. The number of esters is 2. The van der Waals surface area contributed by atoms with Gasteiger partial charge in [-0.2, -0.15) is 0 Å². The summed E-state index contributed by atoms with van der Waals surface area (Å²) in [4.78, 5) is 73.1. The van der Waals surface area contributed by atoms with Gasteiger partial charge in [-0.05, 0) is 61.1 Å². The Morgan fingerprint density at radius 3 is 2.27 bits per heavy atom. The summed E-state index contributed by atoms with van der Waals surface area (Å²) in [5.74, 6) is -4.67. The molecule has 3 N–H and O–H groups in total. The van der Waals surface area contributed by atoms with Crippen LogP contribution in [0.5, 0.6) is 0 Å². The molecule has 48 heavy (non-hydrogen) atoms. The molecular weight excluding hydrogens is 632 g/mol. The Balaban J connectivity index is 2.51. The lowest BCUT2D eigenvalue weighted by Crippen LogP contribution is -2.57.